The van der Waals surface area contributed by atoms with Crippen LogP contribution in [0.5, 0.6) is 0 Å². The molecule has 1 aliphatic heterocycles. The maximum absolute atomic E-state index is 13.3. The fourth-order valence-corrected chi connectivity index (χ4v) is 5.08. The summed E-state index contributed by atoms with van der Waals surface area (Å²) in [7, 11) is -3.44. The SMILES string of the molecule is Cc1ccc(S(=O)(=O)C(CC2CCOCC2)c2ccncc2)cc1. The van der Waals surface area contributed by atoms with Crippen LogP contribution < -0.4 is 0 Å². The topological polar surface area (TPSA) is 56.3 Å². The van der Waals surface area contributed by atoms with Crippen molar-refractivity contribution < 1.29 is 13.2 Å². The number of aromatic nitrogens is 1. The molecule has 1 unspecified atom stereocenters. The molecule has 0 aliphatic carbocycles. The predicted molar refractivity (Wildman–Crippen MR) is 93.5 cm³/mol. The molecule has 0 N–H and O–H groups in total. The Labute approximate surface area is 143 Å². The summed E-state index contributed by atoms with van der Waals surface area (Å²) in [6, 6.07) is 10.8. The molecule has 2 aromatic rings. The lowest BCUT2D eigenvalue weighted by atomic mass is 9.93. The van der Waals surface area contributed by atoms with Crippen LogP contribution in [0.4, 0.5) is 0 Å². The summed E-state index contributed by atoms with van der Waals surface area (Å²) in [5.74, 6) is 0.372. The van der Waals surface area contributed by atoms with Crippen LogP contribution in [0.1, 0.15) is 35.6 Å². The molecule has 1 aromatic carbocycles. The predicted octanol–water partition coefficient (Wildman–Crippen LogP) is 3.72. The van der Waals surface area contributed by atoms with Gasteiger partial charge in [-0.05, 0) is 61.9 Å². The van der Waals surface area contributed by atoms with Gasteiger partial charge in [-0.2, -0.15) is 0 Å². The molecule has 4 nitrogen and oxygen atoms in total. The van der Waals surface area contributed by atoms with Crippen molar-refractivity contribution in [3.05, 3.63) is 59.9 Å². The highest BCUT2D eigenvalue weighted by Gasteiger charge is 2.32. The highest BCUT2D eigenvalue weighted by molar-refractivity contribution is 7.91. The maximum Gasteiger partial charge on any atom is 0.185 e. The van der Waals surface area contributed by atoms with E-state index in [2.05, 4.69) is 4.98 Å². The van der Waals surface area contributed by atoms with E-state index >= 15 is 0 Å². The Morgan fingerprint density at radius 2 is 1.71 bits per heavy atom. The minimum absolute atomic E-state index is 0.372. The first kappa shape index (κ1) is 17.1. The van der Waals surface area contributed by atoms with Crippen LogP contribution in [-0.2, 0) is 14.6 Å². The van der Waals surface area contributed by atoms with Crippen molar-refractivity contribution in [3.8, 4) is 0 Å². The van der Waals surface area contributed by atoms with E-state index in [1.165, 1.54) is 0 Å². The molecule has 3 rings (SSSR count). The Bertz CT molecular complexity index is 751. The average molecular weight is 345 g/mol. The van der Waals surface area contributed by atoms with Gasteiger partial charge in [0.25, 0.3) is 0 Å². The molecule has 0 saturated carbocycles. The minimum atomic E-state index is -3.44. The Morgan fingerprint density at radius 1 is 1.08 bits per heavy atom. The van der Waals surface area contributed by atoms with E-state index in [1.807, 2.05) is 31.2 Å². The molecule has 1 aromatic heterocycles. The number of ether oxygens (including phenoxy) is 1. The molecular weight excluding hydrogens is 322 g/mol. The summed E-state index contributed by atoms with van der Waals surface area (Å²) in [6.07, 6.45) is 5.80. The molecule has 1 aliphatic rings. The molecular formula is C19H23NO3S. The van der Waals surface area contributed by atoms with Gasteiger partial charge >= 0.3 is 0 Å². The standard InChI is InChI=1S/C19H23NO3S/c1-15-2-4-18(5-3-15)24(21,22)19(17-6-10-20-11-7-17)14-16-8-12-23-13-9-16/h2-7,10-11,16,19H,8-9,12-14H2,1H3. The Hall–Kier alpha value is -1.72. The molecule has 24 heavy (non-hydrogen) atoms. The zero-order chi connectivity index (χ0) is 17.0. The lowest BCUT2D eigenvalue weighted by Gasteiger charge is -2.27. The van der Waals surface area contributed by atoms with E-state index in [1.54, 1.807) is 24.5 Å². The third kappa shape index (κ3) is 3.84. The maximum atomic E-state index is 13.3. The van der Waals surface area contributed by atoms with Gasteiger partial charge < -0.3 is 4.74 Å². The van der Waals surface area contributed by atoms with E-state index in [0.29, 0.717) is 17.2 Å². The van der Waals surface area contributed by atoms with Crippen LogP contribution in [-0.4, -0.2) is 26.6 Å². The molecule has 5 heteroatoms. The molecule has 0 bridgehead atoms. The summed E-state index contributed by atoms with van der Waals surface area (Å²) in [6.45, 7) is 3.40. The van der Waals surface area contributed by atoms with E-state index < -0.39 is 15.1 Å². The van der Waals surface area contributed by atoms with Crippen molar-refractivity contribution in [1.82, 2.24) is 4.98 Å². The number of sulfone groups is 1. The number of rotatable bonds is 5. The molecule has 1 fully saturated rings. The van der Waals surface area contributed by atoms with Crippen LogP contribution in [0.15, 0.2) is 53.7 Å². The number of aryl methyl sites for hydroxylation is 1. The normalized spacial score (nSPS) is 17.5. The van der Waals surface area contributed by atoms with Gasteiger partial charge in [0.1, 0.15) is 0 Å². The fraction of sp³-hybridized carbons (Fsp3) is 0.421. The smallest absolute Gasteiger partial charge is 0.185 e. The van der Waals surface area contributed by atoms with Crippen LogP contribution >= 0.6 is 0 Å². The third-order valence-electron chi connectivity index (χ3n) is 4.69. The van der Waals surface area contributed by atoms with Gasteiger partial charge in [-0.25, -0.2) is 8.42 Å². The van der Waals surface area contributed by atoms with Crippen LogP contribution in [0.25, 0.3) is 0 Å². The summed E-state index contributed by atoms with van der Waals surface area (Å²) in [5, 5.41) is -0.536. The lowest BCUT2D eigenvalue weighted by molar-refractivity contribution is 0.0635. The van der Waals surface area contributed by atoms with Crippen molar-refractivity contribution in [2.24, 2.45) is 5.92 Å². The fourth-order valence-electron chi connectivity index (χ4n) is 3.20. The second-order valence-electron chi connectivity index (χ2n) is 6.42. The van der Waals surface area contributed by atoms with Crippen molar-refractivity contribution in [2.75, 3.05) is 13.2 Å². The van der Waals surface area contributed by atoms with E-state index in [-0.39, 0.29) is 0 Å². The average Bonchev–Trinajstić information content (AvgIpc) is 2.61. The van der Waals surface area contributed by atoms with Crippen molar-refractivity contribution >= 4 is 9.84 Å². The van der Waals surface area contributed by atoms with E-state index in [9.17, 15) is 8.42 Å². The molecule has 1 saturated heterocycles. The third-order valence-corrected chi connectivity index (χ3v) is 6.83. The largest absolute Gasteiger partial charge is 0.381 e. The molecule has 0 spiro atoms. The summed E-state index contributed by atoms with van der Waals surface area (Å²) >= 11 is 0. The quantitative estimate of drug-likeness (QED) is 0.829. The van der Waals surface area contributed by atoms with Crippen molar-refractivity contribution in [3.63, 3.8) is 0 Å². The number of nitrogens with zero attached hydrogens (tertiary/aromatic N) is 1. The summed E-state index contributed by atoms with van der Waals surface area (Å²) in [5.41, 5.74) is 1.87. The molecule has 0 radical (unpaired) electrons. The Kier molecular flexibility index (Phi) is 5.31. The van der Waals surface area contributed by atoms with E-state index in [4.69, 9.17) is 4.74 Å². The van der Waals surface area contributed by atoms with Gasteiger partial charge in [-0.15, -0.1) is 0 Å². The van der Waals surface area contributed by atoms with Gasteiger partial charge in [-0.1, -0.05) is 17.7 Å². The van der Waals surface area contributed by atoms with Gasteiger partial charge in [-0.3, -0.25) is 4.98 Å². The van der Waals surface area contributed by atoms with Crippen LogP contribution in [0.2, 0.25) is 0 Å². The molecule has 2 heterocycles. The highest BCUT2D eigenvalue weighted by Crippen LogP contribution is 2.36. The zero-order valence-electron chi connectivity index (χ0n) is 13.9. The van der Waals surface area contributed by atoms with E-state index in [0.717, 1.165) is 37.2 Å². The highest BCUT2D eigenvalue weighted by atomic mass is 32.2. The molecule has 0 amide bonds. The number of hydrogen-bond donors (Lipinski definition) is 0. The first-order chi connectivity index (χ1) is 11.6. The number of benzene rings is 1. The van der Waals surface area contributed by atoms with Crippen molar-refractivity contribution in [1.29, 1.82) is 0 Å². The summed E-state index contributed by atoms with van der Waals surface area (Å²) in [4.78, 5) is 4.42. The Balaban J connectivity index is 1.95. The lowest BCUT2D eigenvalue weighted by Crippen LogP contribution is -2.22. The molecule has 128 valence electrons. The summed E-state index contributed by atoms with van der Waals surface area (Å²) < 4.78 is 31.9. The number of hydrogen-bond acceptors (Lipinski definition) is 4. The first-order valence-electron chi connectivity index (χ1n) is 8.35. The zero-order valence-corrected chi connectivity index (χ0v) is 14.7. The Morgan fingerprint density at radius 3 is 2.33 bits per heavy atom. The van der Waals surface area contributed by atoms with Gasteiger partial charge in [0.05, 0.1) is 10.1 Å². The van der Waals surface area contributed by atoms with Crippen LogP contribution in [0, 0.1) is 12.8 Å². The van der Waals surface area contributed by atoms with Gasteiger partial charge in [0.15, 0.2) is 9.84 Å². The van der Waals surface area contributed by atoms with Gasteiger partial charge in [0, 0.05) is 25.6 Å². The van der Waals surface area contributed by atoms with Gasteiger partial charge in [0.2, 0.25) is 0 Å². The first-order valence-corrected chi connectivity index (χ1v) is 9.90. The monoisotopic (exact) mass is 345 g/mol. The van der Waals surface area contributed by atoms with Crippen LogP contribution in [0.3, 0.4) is 0 Å². The second kappa shape index (κ2) is 7.45. The second-order valence-corrected chi connectivity index (χ2v) is 8.55. The molecule has 1 atom stereocenters. The number of pyridine rings is 1. The van der Waals surface area contributed by atoms with Crippen molar-refractivity contribution in [2.45, 2.75) is 36.3 Å². The minimum Gasteiger partial charge on any atom is -0.381 e.